The summed E-state index contributed by atoms with van der Waals surface area (Å²) in [6.45, 7) is 7.43. The Bertz CT molecular complexity index is 260. The van der Waals surface area contributed by atoms with Crippen molar-refractivity contribution in [1.29, 1.82) is 0 Å². The first-order chi connectivity index (χ1) is 6.81. The van der Waals surface area contributed by atoms with E-state index in [1.807, 2.05) is 13.2 Å². The molecule has 1 N–H and O–H groups in total. The zero-order valence-electron chi connectivity index (χ0n) is 9.21. The summed E-state index contributed by atoms with van der Waals surface area (Å²) in [6.07, 6.45) is 3.14. The Labute approximate surface area is 90.2 Å². The van der Waals surface area contributed by atoms with E-state index in [0.717, 1.165) is 24.8 Å². The fourth-order valence-corrected chi connectivity index (χ4v) is 2.37. The highest BCUT2D eigenvalue weighted by Crippen LogP contribution is 2.22. The van der Waals surface area contributed by atoms with Crippen LogP contribution in [-0.4, -0.2) is 25.1 Å². The lowest BCUT2D eigenvalue weighted by molar-refractivity contribution is 0.788. The van der Waals surface area contributed by atoms with E-state index in [1.54, 1.807) is 11.3 Å². The van der Waals surface area contributed by atoms with Gasteiger partial charge in [0, 0.05) is 30.7 Å². The molecule has 0 atom stereocenters. The number of nitrogens with zero attached hydrogens (tertiary/aromatic N) is 2. The molecule has 1 heterocycles. The fourth-order valence-electron chi connectivity index (χ4n) is 1.36. The van der Waals surface area contributed by atoms with Crippen molar-refractivity contribution < 1.29 is 0 Å². The van der Waals surface area contributed by atoms with Gasteiger partial charge in [0.2, 0.25) is 0 Å². The van der Waals surface area contributed by atoms with E-state index < -0.39 is 0 Å². The molecule has 1 aromatic heterocycles. The molecule has 4 heteroatoms. The largest absolute Gasteiger partial charge is 0.348 e. The fraction of sp³-hybridized carbons (Fsp3) is 0.700. The predicted octanol–water partition coefficient (Wildman–Crippen LogP) is 2.10. The lowest BCUT2D eigenvalue weighted by Crippen LogP contribution is -2.22. The molecule has 0 radical (unpaired) electrons. The monoisotopic (exact) mass is 213 g/mol. The second-order valence-corrected chi connectivity index (χ2v) is 4.31. The highest BCUT2D eigenvalue weighted by molar-refractivity contribution is 7.15. The molecule has 0 spiro atoms. The summed E-state index contributed by atoms with van der Waals surface area (Å²) in [4.78, 5) is 8.06. The van der Waals surface area contributed by atoms with E-state index in [1.165, 1.54) is 11.3 Å². The van der Waals surface area contributed by atoms with E-state index in [4.69, 9.17) is 0 Å². The molecule has 3 nitrogen and oxygen atoms in total. The van der Waals surface area contributed by atoms with Gasteiger partial charge in [-0.3, -0.25) is 0 Å². The van der Waals surface area contributed by atoms with Gasteiger partial charge in [-0.1, -0.05) is 6.92 Å². The zero-order chi connectivity index (χ0) is 10.4. The molecule has 0 unspecified atom stereocenters. The molecule has 80 valence electrons. The Morgan fingerprint density at radius 2 is 2.29 bits per heavy atom. The van der Waals surface area contributed by atoms with Gasteiger partial charge in [-0.05, 0) is 20.4 Å². The van der Waals surface area contributed by atoms with E-state index in [9.17, 15) is 0 Å². The highest BCUT2D eigenvalue weighted by Gasteiger charge is 2.07. The Hall–Kier alpha value is -0.610. The smallest absolute Gasteiger partial charge is 0.185 e. The van der Waals surface area contributed by atoms with Gasteiger partial charge in [-0.15, -0.1) is 11.3 Å². The SMILES string of the molecule is CCCN(CC)c1ncc(CNC)s1. The minimum absolute atomic E-state index is 0.918. The van der Waals surface area contributed by atoms with Crippen LogP contribution in [0.15, 0.2) is 6.20 Å². The highest BCUT2D eigenvalue weighted by atomic mass is 32.1. The molecular formula is C10H19N3S. The number of nitrogens with one attached hydrogen (secondary N) is 1. The number of aromatic nitrogens is 1. The third-order valence-electron chi connectivity index (χ3n) is 2.04. The van der Waals surface area contributed by atoms with Crippen LogP contribution >= 0.6 is 11.3 Å². The second-order valence-electron chi connectivity index (χ2n) is 3.22. The van der Waals surface area contributed by atoms with Gasteiger partial charge >= 0.3 is 0 Å². The lowest BCUT2D eigenvalue weighted by Gasteiger charge is -2.18. The van der Waals surface area contributed by atoms with E-state index in [0.29, 0.717) is 0 Å². The quantitative estimate of drug-likeness (QED) is 0.784. The predicted molar refractivity (Wildman–Crippen MR) is 63.1 cm³/mol. The van der Waals surface area contributed by atoms with Crippen molar-refractivity contribution in [3.05, 3.63) is 11.1 Å². The van der Waals surface area contributed by atoms with E-state index in [2.05, 4.69) is 29.0 Å². The van der Waals surface area contributed by atoms with Crippen molar-refractivity contribution >= 4 is 16.5 Å². The number of hydrogen-bond donors (Lipinski definition) is 1. The third-order valence-corrected chi connectivity index (χ3v) is 3.10. The molecule has 0 amide bonds. The molecule has 0 aliphatic rings. The molecule has 0 aliphatic heterocycles. The average molecular weight is 213 g/mol. The Morgan fingerprint density at radius 3 is 2.86 bits per heavy atom. The first-order valence-corrected chi connectivity index (χ1v) is 5.97. The van der Waals surface area contributed by atoms with Crippen molar-refractivity contribution in [2.24, 2.45) is 0 Å². The zero-order valence-corrected chi connectivity index (χ0v) is 10.0. The van der Waals surface area contributed by atoms with Gasteiger partial charge in [-0.25, -0.2) is 4.98 Å². The van der Waals surface area contributed by atoms with Crippen LogP contribution < -0.4 is 10.2 Å². The standard InChI is InChI=1S/C10H19N3S/c1-4-6-13(5-2)10-12-8-9(14-10)7-11-3/h8,11H,4-7H2,1-3H3. The number of anilines is 1. The summed E-state index contributed by atoms with van der Waals surface area (Å²) in [5.74, 6) is 0. The minimum atomic E-state index is 0.918. The number of thiazole rings is 1. The van der Waals surface area contributed by atoms with Crippen LogP contribution in [0.5, 0.6) is 0 Å². The molecule has 1 rings (SSSR count). The maximum atomic E-state index is 4.43. The first kappa shape index (κ1) is 11.5. The minimum Gasteiger partial charge on any atom is -0.348 e. The van der Waals surface area contributed by atoms with Crippen molar-refractivity contribution in [3.63, 3.8) is 0 Å². The Balaban J connectivity index is 2.63. The average Bonchev–Trinajstić information content (AvgIpc) is 2.63. The van der Waals surface area contributed by atoms with Gasteiger partial charge in [0.15, 0.2) is 5.13 Å². The lowest BCUT2D eigenvalue weighted by atomic mass is 10.4. The summed E-state index contributed by atoms with van der Waals surface area (Å²) in [5, 5.41) is 4.29. The summed E-state index contributed by atoms with van der Waals surface area (Å²) in [6, 6.07) is 0. The third kappa shape index (κ3) is 2.96. The normalized spacial score (nSPS) is 10.5. The second kappa shape index (κ2) is 5.98. The molecule has 0 saturated carbocycles. The van der Waals surface area contributed by atoms with Gasteiger partial charge in [-0.2, -0.15) is 0 Å². The van der Waals surface area contributed by atoms with Crippen molar-refractivity contribution in [2.45, 2.75) is 26.8 Å². The topological polar surface area (TPSA) is 28.2 Å². The molecule has 0 fully saturated rings. The first-order valence-electron chi connectivity index (χ1n) is 5.16. The summed E-state index contributed by atoms with van der Waals surface area (Å²) in [5.41, 5.74) is 0. The van der Waals surface area contributed by atoms with Gasteiger partial charge < -0.3 is 10.2 Å². The molecular weight excluding hydrogens is 194 g/mol. The summed E-state index contributed by atoms with van der Waals surface area (Å²) < 4.78 is 0. The van der Waals surface area contributed by atoms with E-state index >= 15 is 0 Å². The van der Waals surface area contributed by atoms with Gasteiger partial charge in [0.1, 0.15) is 0 Å². The maximum Gasteiger partial charge on any atom is 0.185 e. The van der Waals surface area contributed by atoms with Crippen LogP contribution in [0.4, 0.5) is 5.13 Å². The van der Waals surface area contributed by atoms with E-state index in [-0.39, 0.29) is 0 Å². The van der Waals surface area contributed by atoms with Gasteiger partial charge in [0.25, 0.3) is 0 Å². The van der Waals surface area contributed by atoms with Crippen LogP contribution in [0.2, 0.25) is 0 Å². The Kier molecular flexibility index (Phi) is 4.90. The van der Waals surface area contributed by atoms with Crippen molar-refractivity contribution in [1.82, 2.24) is 10.3 Å². The van der Waals surface area contributed by atoms with Crippen LogP contribution in [0.25, 0.3) is 0 Å². The van der Waals surface area contributed by atoms with Crippen molar-refractivity contribution in [3.8, 4) is 0 Å². The maximum absolute atomic E-state index is 4.43. The summed E-state index contributed by atoms with van der Waals surface area (Å²) in [7, 11) is 1.96. The molecule has 0 aromatic carbocycles. The Morgan fingerprint density at radius 1 is 1.50 bits per heavy atom. The molecule has 1 aromatic rings. The van der Waals surface area contributed by atoms with Crippen LogP contribution in [-0.2, 0) is 6.54 Å². The van der Waals surface area contributed by atoms with Gasteiger partial charge in [0.05, 0.1) is 0 Å². The van der Waals surface area contributed by atoms with Crippen LogP contribution in [0.3, 0.4) is 0 Å². The number of hydrogen-bond acceptors (Lipinski definition) is 4. The molecule has 0 saturated heterocycles. The van der Waals surface area contributed by atoms with Crippen LogP contribution in [0.1, 0.15) is 25.1 Å². The molecule has 0 aliphatic carbocycles. The van der Waals surface area contributed by atoms with Crippen molar-refractivity contribution in [2.75, 3.05) is 25.0 Å². The van der Waals surface area contributed by atoms with Crippen LogP contribution in [0, 0.1) is 0 Å². The molecule has 14 heavy (non-hydrogen) atoms. The molecule has 0 bridgehead atoms. The number of rotatable bonds is 6. The summed E-state index contributed by atoms with van der Waals surface area (Å²) >= 11 is 1.78.